The molecule has 0 unspecified atom stereocenters. The quantitative estimate of drug-likeness (QED) is 0.0196. The number of hydrogen-bond donors (Lipinski definition) is 1. The Balaban J connectivity index is 1.18. The number of para-hydroxylation sites is 2. The SMILES string of the molecule is Nc1ccccc1OCCOCCOCCOCCOCCOCCOCCOCCOCCOCCOCCOCCOCCC(=O)Oc1c(F)c(F)c(F)c(F)c1F. The first-order chi connectivity index (χ1) is 29.3. The number of ether oxygens (including phenoxy) is 14. The molecule has 21 heteroatoms. The lowest BCUT2D eigenvalue weighted by molar-refractivity contribution is -0.136. The third kappa shape index (κ3) is 26.1. The first-order valence-corrected chi connectivity index (χ1v) is 19.4. The molecular formula is C39H58F5NO15. The molecule has 0 radical (unpaired) electrons. The molecule has 0 saturated carbocycles. The van der Waals surface area contributed by atoms with Crippen molar-refractivity contribution in [2.24, 2.45) is 0 Å². The van der Waals surface area contributed by atoms with E-state index in [1.165, 1.54) is 0 Å². The monoisotopic (exact) mass is 875 g/mol. The maximum atomic E-state index is 13.6. The molecule has 60 heavy (non-hydrogen) atoms. The van der Waals surface area contributed by atoms with Crippen LogP contribution in [0.2, 0.25) is 0 Å². The Morgan fingerprint density at radius 2 is 0.650 bits per heavy atom. The van der Waals surface area contributed by atoms with Crippen molar-refractivity contribution in [2.45, 2.75) is 6.42 Å². The van der Waals surface area contributed by atoms with Crippen molar-refractivity contribution >= 4 is 11.7 Å². The summed E-state index contributed by atoms with van der Waals surface area (Å²) < 4.78 is 141. The van der Waals surface area contributed by atoms with Crippen LogP contribution in [0, 0.1) is 29.1 Å². The molecule has 0 amide bonds. The molecule has 16 nitrogen and oxygen atoms in total. The van der Waals surface area contributed by atoms with Gasteiger partial charge in [-0.2, -0.15) is 8.78 Å². The van der Waals surface area contributed by atoms with Crippen molar-refractivity contribution in [3.05, 3.63) is 53.4 Å². The minimum Gasteiger partial charge on any atom is -0.489 e. The molecule has 0 fully saturated rings. The third-order valence-electron chi connectivity index (χ3n) is 7.33. The number of nitrogen functional groups attached to an aromatic ring is 1. The number of anilines is 1. The predicted molar refractivity (Wildman–Crippen MR) is 203 cm³/mol. The Kier molecular flexibility index (Phi) is 32.0. The zero-order valence-electron chi connectivity index (χ0n) is 33.8. The maximum absolute atomic E-state index is 13.6. The molecule has 0 heterocycles. The van der Waals surface area contributed by atoms with Gasteiger partial charge in [-0.25, -0.2) is 13.2 Å². The molecule has 344 valence electrons. The summed E-state index contributed by atoms with van der Waals surface area (Å²) in [4.78, 5) is 11.7. The van der Waals surface area contributed by atoms with Gasteiger partial charge in [0.25, 0.3) is 0 Å². The molecule has 0 aliphatic rings. The van der Waals surface area contributed by atoms with E-state index >= 15 is 0 Å². The van der Waals surface area contributed by atoms with Crippen LogP contribution in [0.1, 0.15) is 6.42 Å². The fourth-order valence-corrected chi connectivity index (χ4v) is 4.34. The highest BCUT2D eigenvalue weighted by Crippen LogP contribution is 2.29. The van der Waals surface area contributed by atoms with Gasteiger partial charge in [-0.15, -0.1) is 0 Å². The number of esters is 1. The van der Waals surface area contributed by atoms with Crippen LogP contribution in [-0.4, -0.2) is 171 Å². The summed E-state index contributed by atoms with van der Waals surface area (Å²) in [6.07, 6.45) is -0.491. The number of carbonyl (C=O) groups excluding carboxylic acids is 1. The van der Waals surface area contributed by atoms with E-state index in [4.69, 9.17) is 67.3 Å². The molecular weight excluding hydrogens is 817 g/mol. The summed E-state index contributed by atoms with van der Waals surface area (Å²) in [5.41, 5.74) is 6.42. The summed E-state index contributed by atoms with van der Waals surface area (Å²) >= 11 is 0. The molecule has 0 spiro atoms. The normalized spacial score (nSPS) is 11.4. The minimum atomic E-state index is -2.35. The van der Waals surface area contributed by atoms with Crippen molar-refractivity contribution in [2.75, 3.05) is 171 Å². The summed E-state index contributed by atoms with van der Waals surface area (Å²) in [5.74, 6) is -13.5. The molecule has 2 rings (SSSR count). The molecule has 0 atom stereocenters. The van der Waals surface area contributed by atoms with E-state index in [1.807, 2.05) is 18.2 Å². The Morgan fingerprint density at radius 1 is 0.383 bits per heavy atom. The number of halogens is 5. The highest BCUT2D eigenvalue weighted by atomic mass is 19.2. The largest absolute Gasteiger partial charge is 0.489 e. The average molecular weight is 876 g/mol. The van der Waals surface area contributed by atoms with Gasteiger partial charge in [-0.1, -0.05) is 12.1 Å². The molecule has 0 aliphatic carbocycles. The Labute approximate surface area is 346 Å². The van der Waals surface area contributed by atoms with E-state index in [1.54, 1.807) is 6.07 Å². The molecule has 0 bridgehead atoms. The second kappa shape index (κ2) is 36.3. The van der Waals surface area contributed by atoms with Crippen LogP contribution < -0.4 is 15.2 Å². The molecule has 2 N–H and O–H groups in total. The second-order valence-electron chi connectivity index (χ2n) is 11.9. The Bertz CT molecular complexity index is 1360. The van der Waals surface area contributed by atoms with Gasteiger partial charge in [-0.05, 0) is 12.1 Å². The smallest absolute Gasteiger partial charge is 0.313 e. The topological polar surface area (TPSA) is 172 Å². The number of carbonyl (C=O) groups is 1. The number of hydrogen-bond acceptors (Lipinski definition) is 16. The maximum Gasteiger partial charge on any atom is 0.313 e. The van der Waals surface area contributed by atoms with Crippen LogP contribution in [0.15, 0.2) is 24.3 Å². The van der Waals surface area contributed by atoms with E-state index in [0.717, 1.165) is 0 Å². The van der Waals surface area contributed by atoms with E-state index < -0.39 is 47.2 Å². The van der Waals surface area contributed by atoms with Crippen molar-refractivity contribution in [1.29, 1.82) is 0 Å². The fraction of sp³-hybridized carbons (Fsp3) is 0.667. The molecule has 0 aliphatic heterocycles. The van der Waals surface area contributed by atoms with Crippen molar-refractivity contribution in [3.63, 3.8) is 0 Å². The lowest BCUT2D eigenvalue weighted by Gasteiger charge is -2.10. The van der Waals surface area contributed by atoms with Crippen LogP contribution in [0.25, 0.3) is 0 Å². The van der Waals surface area contributed by atoms with Gasteiger partial charge in [0.2, 0.25) is 34.8 Å². The van der Waals surface area contributed by atoms with Gasteiger partial charge >= 0.3 is 5.97 Å². The van der Waals surface area contributed by atoms with E-state index in [9.17, 15) is 26.7 Å². The van der Waals surface area contributed by atoms with E-state index in [0.29, 0.717) is 150 Å². The second-order valence-corrected chi connectivity index (χ2v) is 11.9. The standard InChI is InChI=1S/C39H58F5NO15/c40-34-35(41)37(43)39(38(44)36(34)42)60-33(46)5-6-47-7-8-48-9-10-49-11-12-50-13-14-51-15-16-52-17-18-53-19-20-54-21-22-55-23-24-56-25-26-57-27-28-58-29-30-59-32-4-2-1-3-31(32)45/h1-4H,5-30,45H2. The first kappa shape index (κ1) is 52.8. The summed E-state index contributed by atoms with van der Waals surface area (Å²) in [5, 5.41) is 0. The van der Waals surface area contributed by atoms with Crippen molar-refractivity contribution < 1.29 is 93.1 Å². The van der Waals surface area contributed by atoms with Gasteiger partial charge in [0.1, 0.15) is 12.4 Å². The lowest BCUT2D eigenvalue weighted by Crippen LogP contribution is -2.16. The van der Waals surface area contributed by atoms with Crippen LogP contribution in [0.3, 0.4) is 0 Å². The van der Waals surface area contributed by atoms with Crippen molar-refractivity contribution in [1.82, 2.24) is 0 Å². The van der Waals surface area contributed by atoms with Crippen LogP contribution in [0.4, 0.5) is 27.6 Å². The molecule has 0 saturated heterocycles. The Morgan fingerprint density at radius 3 is 0.967 bits per heavy atom. The van der Waals surface area contributed by atoms with E-state index in [2.05, 4.69) is 4.74 Å². The number of nitrogens with two attached hydrogens (primary N) is 1. The van der Waals surface area contributed by atoms with E-state index in [-0.39, 0.29) is 26.4 Å². The average Bonchev–Trinajstić information content (AvgIpc) is 3.25. The number of rotatable bonds is 41. The molecule has 2 aromatic rings. The predicted octanol–water partition coefficient (Wildman–Crippen LogP) is 3.54. The number of benzene rings is 2. The summed E-state index contributed by atoms with van der Waals surface area (Å²) in [7, 11) is 0. The first-order valence-electron chi connectivity index (χ1n) is 19.4. The van der Waals surface area contributed by atoms with Crippen LogP contribution >= 0.6 is 0 Å². The minimum absolute atomic E-state index is 0.0754. The van der Waals surface area contributed by atoms with Gasteiger partial charge < -0.3 is 72.0 Å². The van der Waals surface area contributed by atoms with Crippen molar-refractivity contribution in [3.8, 4) is 11.5 Å². The lowest BCUT2D eigenvalue weighted by atomic mass is 10.2. The molecule has 0 aromatic heterocycles. The van der Waals surface area contributed by atoms with Crippen LogP contribution in [-0.2, 0) is 61.6 Å². The summed E-state index contributed by atoms with van der Waals surface area (Å²) in [6.45, 7) is 9.34. The zero-order chi connectivity index (χ0) is 43.3. The Hall–Kier alpha value is -3.32. The van der Waals surface area contributed by atoms with Crippen LogP contribution in [0.5, 0.6) is 11.5 Å². The van der Waals surface area contributed by atoms with Gasteiger partial charge in [0, 0.05) is 0 Å². The summed E-state index contributed by atoms with van der Waals surface area (Å²) in [6, 6.07) is 7.32. The fourth-order valence-electron chi connectivity index (χ4n) is 4.34. The van der Waals surface area contributed by atoms with Gasteiger partial charge in [-0.3, -0.25) is 4.79 Å². The molecule has 2 aromatic carbocycles. The zero-order valence-corrected chi connectivity index (χ0v) is 33.8. The van der Waals surface area contributed by atoms with Gasteiger partial charge in [0.05, 0.1) is 171 Å². The highest BCUT2D eigenvalue weighted by molar-refractivity contribution is 5.72. The van der Waals surface area contributed by atoms with Gasteiger partial charge in [0.15, 0.2) is 0 Å². The highest BCUT2D eigenvalue weighted by Gasteiger charge is 2.28. The third-order valence-corrected chi connectivity index (χ3v) is 7.33.